The number of ether oxygens (including phenoxy) is 2. The van der Waals surface area contributed by atoms with Gasteiger partial charge in [-0.15, -0.1) is 0 Å². The smallest absolute Gasteiger partial charge is 0.407 e. The van der Waals surface area contributed by atoms with Crippen molar-refractivity contribution >= 4 is 39.3 Å². The van der Waals surface area contributed by atoms with Gasteiger partial charge in [0, 0.05) is 54.9 Å². The zero-order valence-electron chi connectivity index (χ0n) is 25.1. The number of piperazine rings is 1. The zero-order chi connectivity index (χ0) is 32.1. The zero-order valence-corrected chi connectivity index (χ0v) is 26.6. The van der Waals surface area contributed by atoms with Gasteiger partial charge in [-0.05, 0) is 74.3 Å². The van der Waals surface area contributed by atoms with Gasteiger partial charge in [-0.3, -0.25) is 4.79 Å². The monoisotopic (exact) mass is 668 g/mol. The van der Waals surface area contributed by atoms with Crippen LogP contribution in [-0.2, 0) is 30.7 Å². The number of benzene rings is 2. The molecule has 2 bridgehead atoms. The number of hydrogen-bond donors (Lipinski definition) is 3. The lowest BCUT2D eigenvalue weighted by Crippen LogP contribution is -2.57. The summed E-state index contributed by atoms with van der Waals surface area (Å²) in [5.41, 5.74) is 0.298. The molecule has 0 aromatic heterocycles. The molecule has 3 aliphatic heterocycles. The van der Waals surface area contributed by atoms with Gasteiger partial charge in [-0.2, -0.15) is 4.31 Å². The van der Waals surface area contributed by atoms with Crippen LogP contribution in [0.2, 0.25) is 5.02 Å². The molecule has 0 aliphatic carbocycles. The van der Waals surface area contributed by atoms with Gasteiger partial charge >= 0.3 is 6.09 Å². The van der Waals surface area contributed by atoms with Crippen molar-refractivity contribution in [1.29, 1.82) is 0 Å². The molecule has 3 heterocycles. The molecule has 14 heteroatoms. The van der Waals surface area contributed by atoms with E-state index in [2.05, 4.69) is 16.0 Å². The number of carbonyl (C=O) groups is 2. The molecule has 2 aromatic rings. The highest BCUT2D eigenvalue weighted by Gasteiger charge is 2.40. The van der Waals surface area contributed by atoms with Crippen molar-refractivity contribution in [1.82, 2.24) is 14.9 Å². The summed E-state index contributed by atoms with van der Waals surface area (Å²) in [5, 5.41) is 9.08. The Kier molecular flexibility index (Phi) is 11.0. The van der Waals surface area contributed by atoms with Gasteiger partial charge in [0.15, 0.2) is 0 Å². The third kappa shape index (κ3) is 7.94. The molecule has 0 saturated carbocycles. The fourth-order valence-electron chi connectivity index (χ4n) is 6.73. The summed E-state index contributed by atoms with van der Waals surface area (Å²) >= 11 is 6.14. The minimum Gasteiger partial charge on any atom is -0.453 e. The van der Waals surface area contributed by atoms with Crippen LogP contribution in [0.3, 0.4) is 0 Å². The maximum atomic E-state index is 15.4. The number of fused-ring (bicyclic) bond motifs is 2. The highest BCUT2D eigenvalue weighted by atomic mass is 35.5. The third-order valence-corrected chi connectivity index (χ3v) is 11.3. The maximum Gasteiger partial charge on any atom is 0.407 e. The van der Waals surface area contributed by atoms with Crippen LogP contribution in [0.15, 0.2) is 36.4 Å². The van der Waals surface area contributed by atoms with Crippen LogP contribution in [0.5, 0.6) is 0 Å². The molecule has 3 aliphatic rings. The van der Waals surface area contributed by atoms with Gasteiger partial charge in [-0.25, -0.2) is 22.0 Å². The van der Waals surface area contributed by atoms with E-state index in [1.54, 1.807) is 24.3 Å². The van der Waals surface area contributed by atoms with Crippen molar-refractivity contribution < 1.29 is 36.3 Å². The summed E-state index contributed by atoms with van der Waals surface area (Å²) in [5.74, 6) is -2.95. The summed E-state index contributed by atoms with van der Waals surface area (Å²) in [6.07, 6.45) is 1.85. The second kappa shape index (κ2) is 14.7. The Morgan fingerprint density at radius 3 is 2.53 bits per heavy atom. The summed E-state index contributed by atoms with van der Waals surface area (Å²) < 4.78 is 68.5. The van der Waals surface area contributed by atoms with Gasteiger partial charge < -0.3 is 25.4 Å². The maximum absolute atomic E-state index is 15.4. The Morgan fingerprint density at radius 2 is 1.82 bits per heavy atom. The highest BCUT2D eigenvalue weighted by Crippen LogP contribution is 2.37. The molecule has 45 heavy (non-hydrogen) atoms. The molecule has 3 N–H and O–H groups in total. The van der Waals surface area contributed by atoms with Crippen LogP contribution in [0.1, 0.15) is 49.1 Å². The Balaban J connectivity index is 1.43. The van der Waals surface area contributed by atoms with E-state index in [1.165, 1.54) is 11.4 Å². The molecule has 5 rings (SSSR count). The SMILES string of the molecule is COC(=O)N[C@H](C(=O)Nc1c(F)ccc(F)c1CC[C@H]1CN[C@@H]2CCCS(=O)(=O)N1C2)C(c1ccc(Cl)cc1)C1CCOCC1. The lowest BCUT2D eigenvalue weighted by molar-refractivity contribution is -0.119. The number of hydrogen-bond acceptors (Lipinski definition) is 7. The molecule has 10 nitrogen and oxygen atoms in total. The third-order valence-electron chi connectivity index (χ3n) is 9.07. The Labute approximate surface area is 267 Å². The van der Waals surface area contributed by atoms with E-state index in [0.717, 1.165) is 24.1 Å². The number of amides is 2. The predicted molar refractivity (Wildman–Crippen MR) is 166 cm³/mol. The van der Waals surface area contributed by atoms with Gasteiger partial charge in [-0.1, -0.05) is 23.7 Å². The predicted octanol–water partition coefficient (Wildman–Crippen LogP) is 4.19. The van der Waals surface area contributed by atoms with Crippen molar-refractivity contribution in [2.75, 3.05) is 44.5 Å². The minimum atomic E-state index is -3.48. The van der Waals surface area contributed by atoms with Gasteiger partial charge in [0.1, 0.15) is 17.7 Å². The summed E-state index contributed by atoms with van der Waals surface area (Å²) in [6, 6.07) is 7.22. The fraction of sp³-hybridized carbons (Fsp3) is 0.548. The molecule has 3 saturated heterocycles. The average molecular weight is 669 g/mol. The molecule has 2 aromatic carbocycles. The topological polar surface area (TPSA) is 126 Å². The van der Waals surface area contributed by atoms with E-state index in [-0.39, 0.29) is 41.8 Å². The average Bonchev–Trinajstić information content (AvgIpc) is 3.15. The van der Waals surface area contributed by atoms with Gasteiger partial charge in [0.2, 0.25) is 15.9 Å². The van der Waals surface area contributed by atoms with E-state index < -0.39 is 51.7 Å². The minimum absolute atomic E-state index is 0.0298. The van der Waals surface area contributed by atoms with Crippen LogP contribution in [0.25, 0.3) is 0 Å². The Bertz CT molecular complexity index is 1480. The molecule has 246 valence electrons. The van der Waals surface area contributed by atoms with E-state index in [9.17, 15) is 18.0 Å². The molecular formula is C31H39ClF2N4O6S. The quantitative estimate of drug-likeness (QED) is 0.366. The number of sulfonamides is 1. The lowest BCUT2D eigenvalue weighted by Gasteiger charge is -2.37. The van der Waals surface area contributed by atoms with Crippen molar-refractivity contribution in [2.45, 2.75) is 62.6 Å². The number of nitrogens with one attached hydrogen (secondary N) is 3. The van der Waals surface area contributed by atoms with Crippen molar-refractivity contribution in [2.24, 2.45) is 5.92 Å². The molecule has 2 unspecified atom stereocenters. The number of alkyl carbamates (subject to hydrolysis) is 1. The second-order valence-electron chi connectivity index (χ2n) is 11.8. The van der Waals surface area contributed by atoms with E-state index in [0.29, 0.717) is 50.6 Å². The molecule has 3 fully saturated rings. The Hall–Kier alpha value is -2.84. The number of nitrogens with zero attached hydrogens (tertiary/aromatic N) is 1. The summed E-state index contributed by atoms with van der Waals surface area (Å²) in [4.78, 5) is 26.6. The van der Waals surface area contributed by atoms with Gasteiger partial charge in [0.05, 0.1) is 18.6 Å². The second-order valence-corrected chi connectivity index (χ2v) is 14.3. The normalized spacial score (nSPS) is 24.6. The van der Waals surface area contributed by atoms with Crippen LogP contribution >= 0.6 is 11.6 Å². The van der Waals surface area contributed by atoms with E-state index in [1.807, 2.05) is 0 Å². The summed E-state index contributed by atoms with van der Waals surface area (Å²) in [6.45, 7) is 1.66. The van der Waals surface area contributed by atoms with E-state index >= 15 is 8.78 Å². The Morgan fingerprint density at radius 1 is 1.11 bits per heavy atom. The molecule has 5 atom stereocenters. The molecule has 0 spiro atoms. The summed E-state index contributed by atoms with van der Waals surface area (Å²) in [7, 11) is -2.31. The van der Waals surface area contributed by atoms with Crippen molar-refractivity contribution in [3.05, 3.63) is 64.2 Å². The van der Waals surface area contributed by atoms with Crippen LogP contribution in [-0.4, -0.2) is 82.0 Å². The first-order valence-corrected chi connectivity index (χ1v) is 17.2. The molecular weight excluding hydrogens is 630 g/mol. The first-order chi connectivity index (χ1) is 21.6. The standard InChI is InChI=1S/C31H39ClF2N4O6S/c1-43-31(40)37-29(27(20-12-14-44-15-13-20)19-4-6-21(32)7-5-19)30(39)36-28-24(25(33)10-11-26(28)34)9-8-23-17-35-22-3-2-16-45(41,42)38(23)18-22/h4-7,10-11,20,22-23,27,29,35H,2-3,8-9,12-18H2,1H3,(H,36,39)(H,37,40)/t22-,23+,27?,29+/m1/s1. The number of carbonyl (C=O) groups excluding carboxylic acids is 2. The number of halogens is 3. The highest BCUT2D eigenvalue weighted by molar-refractivity contribution is 7.89. The van der Waals surface area contributed by atoms with Crippen LogP contribution in [0.4, 0.5) is 19.3 Å². The van der Waals surface area contributed by atoms with Crippen LogP contribution < -0.4 is 16.0 Å². The molecule has 0 radical (unpaired) electrons. The fourth-order valence-corrected chi connectivity index (χ4v) is 8.66. The first-order valence-electron chi connectivity index (χ1n) is 15.3. The van der Waals surface area contributed by atoms with Gasteiger partial charge in [0.25, 0.3) is 0 Å². The lowest BCUT2D eigenvalue weighted by atomic mass is 9.76. The number of rotatable bonds is 9. The first kappa shape index (κ1) is 33.5. The van der Waals surface area contributed by atoms with Crippen molar-refractivity contribution in [3.63, 3.8) is 0 Å². The number of methoxy groups -OCH3 is 1. The van der Waals surface area contributed by atoms with E-state index in [4.69, 9.17) is 21.1 Å². The molecule has 2 amide bonds. The largest absolute Gasteiger partial charge is 0.453 e. The van der Waals surface area contributed by atoms with Crippen LogP contribution in [0, 0.1) is 17.6 Å². The number of anilines is 1. The van der Waals surface area contributed by atoms with Crippen molar-refractivity contribution in [3.8, 4) is 0 Å².